The molecule has 0 saturated heterocycles. The Balaban J connectivity index is 2.71. The maximum absolute atomic E-state index is 11.8. The van der Waals surface area contributed by atoms with Crippen molar-refractivity contribution >= 4 is 40.9 Å². The topological polar surface area (TPSA) is 78.4 Å². The van der Waals surface area contributed by atoms with E-state index in [4.69, 9.17) is 28.3 Å². The Bertz CT molecular complexity index is 506. The second-order valence-electron chi connectivity index (χ2n) is 4.72. The molecule has 0 aliphatic carbocycles. The lowest BCUT2D eigenvalue weighted by atomic mass is 10.0. The summed E-state index contributed by atoms with van der Waals surface area (Å²) < 4.78 is 0. The largest absolute Gasteiger partial charge is 0.480 e. The van der Waals surface area contributed by atoms with E-state index in [9.17, 15) is 9.59 Å². The molecule has 1 aromatic rings. The van der Waals surface area contributed by atoms with E-state index in [1.54, 1.807) is 18.2 Å². The number of nitrogens with one attached hydrogen (secondary N) is 2. The van der Waals surface area contributed by atoms with Gasteiger partial charge in [0.1, 0.15) is 6.04 Å². The van der Waals surface area contributed by atoms with Gasteiger partial charge in [-0.25, -0.2) is 9.59 Å². The highest BCUT2D eigenvalue weighted by molar-refractivity contribution is 6.43. The van der Waals surface area contributed by atoms with Gasteiger partial charge in [-0.05, 0) is 24.5 Å². The molecule has 0 radical (unpaired) electrons. The summed E-state index contributed by atoms with van der Waals surface area (Å²) in [5.41, 5.74) is 0.324. The van der Waals surface area contributed by atoms with Crippen LogP contribution in [0.15, 0.2) is 18.2 Å². The molecule has 0 heterocycles. The fourth-order valence-corrected chi connectivity index (χ4v) is 1.96. The molecule has 0 unspecified atom stereocenters. The number of hydrogen-bond donors (Lipinski definition) is 3. The van der Waals surface area contributed by atoms with Gasteiger partial charge < -0.3 is 15.7 Å². The minimum Gasteiger partial charge on any atom is -0.480 e. The van der Waals surface area contributed by atoms with Crippen molar-refractivity contribution in [3.63, 3.8) is 0 Å². The zero-order valence-electron chi connectivity index (χ0n) is 11.1. The molecule has 1 aromatic carbocycles. The van der Waals surface area contributed by atoms with Crippen molar-refractivity contribution in [2.45, 2.75) is 26.3 Å². The summed E-state index contributed by atoms with van der Waals surface area (Å²) in [5.74, 6) is -0.933. The molecule has 5 nitrogen and oxygen atoms in total. The zero-order valence-corrected chi connectivity index (χ0v) is 12.6. The third-order valence-electron chi connectivity index (χ3n) is 2.51. The minimum atomic E-state index is -1.08. The number of carboxylic acids is 1. The quantitative estimate of drug-likeness (QED) is 0.775. The molecule has 3 N–H and O–H groups in total. The Kier molecular flexibility index (Phi) is 6.10. The highest BCUT2D eigenvalue weighted by atomic mass is 35.5. The summed E-state index contributed by atoms with van der Waals surface area (Å²) in [7, 11) is 0. The molecule has 0 spiro atoms. The molecule has 20 heavy (non-hydrogen) atoms. The lowest BCUT2D eigenvalue weighted by molar-refractivity contribution is -0.139. The highest BCUT2D eigenvalue weighted by Crippen LogP contribution is 2.29. The number of amides is 2. The average Bonchev–Trinajstić information content (AvgIpc) is 2.33. The zero-order chi connectivity index (χ0) is 15.3. The van der Waals surface area contributed by atoms with Gasteiger partial charge in [0, 0.05) is 0 Å². The van der Waals surface area contributed by atoms with E-state index >= 15 is 0 Å². The standard InChI is InChI=1S/C13H16Cl2N2O3/c1-7(2)6-10(12(18)19)17-13(20)16-9-5-3-4-8(14)11(9)15/h3-5,7,10H,6H2,1-2H3,(H,18,19)(H2,16,17,20)/t10-/m0/s1. The number of benzene rings is 1. The van der Waals surface area contributed by atoms with Gasteiger partial charge in [0.2, 0.25) is 0 Å². The number of carboxylic acid groups (broad SMARTS) is 1. The summed E-state index contributed by atoms with van der Waals surface area (Å²) in [6.45, 7) is 3.76. The van der Waals surface area contributed by atoms with Crippen molar-refractivity contribution < 1.29 is 14.7 Å². The second-order valence-corrected chi connectivity index (χ2v) is 5.51. The maximum Gasteiger partial charge on any atom is 0.326 e. The number of anilines is 1. The summed E-state index contributed by atoms with van der Waals surface area (Å²) in [5, 5.41) is 14.4. The Morgan fingerprint density at radius 3 is 2.50 bits per heavy atom. The molecule has 0 saturated carbocycles. The van der Waals surface area contributed by atoms with Crippen LogP contribution >= 0.6 is 23.2 Å². The van der Waals surface area contributed by atoms with Crippen LogP contribution in [0.1, 0.15) is 20.3 Å². The van der Waals surface area contributed by atoms with E-state index < -0.39 is 18.0 Å². The van der Waals surface area contributed by atoms with Crippen LogP contribution in [0.25, 0.3) is 0 Å². The monoisotopic (exact) mass is 318 g/mol. The first-order valence-electron chi connectivity index (χ1n) is 6.05. The van der Waals surface area contributed by atoms with Crippen LogP contribution in [0, 0.1) is 5.92 Å². The predicted molar refractivity (Wildman–Crippen MR) is 79.5 cm³/mol. The van der Waals surface area contributed by atoms with Crippen LogP contribution in [-0.2, 0) is 4.79 Å². The van der Waals surface area contributed by atoms with E-state index in [1.165, 1.54) is 0 Å². The summed E-state index contributed by atoms with van der Waals surface area (Å²) in [6.07, 6.45) is 0.339. The Labute approximate surface area is 127 Å². The van der Waals surface area contributed by atoms with Gasteiger partial charge in [0.05, 0.1) is 15.7 Å². The fraction of sp³-hybridized carbons (Fsp3) is 0.385. The smallest absolute Gasteiger partial charge is 0.326 e. The third-order valence-corrected chi connectivity index (χ3v) is 3.33. The van der Waals surface area contributed by atoms with Gasteiger partial charge in [-0.3, -0.25) is 0 Å². The van der Waals surface area contributed by atoms with Crippen LogP contribution in [0.2, 0.25) is 10.0 Å². The molecule has 2 amide bonds. The Hall–Kier alpha value is -1.46. The molecule has 0 aliphatic heterocycles. The Morgan fingerprint density at radius 1 is 1.30 bits per heavy atom. The molecule has 0 fully saturated rings. The van der Waals surface area contributed by atoms with Gasteiger partial charge in [-0.2, -0.15) is 0 Å². The number of rotatable bonds is 5. The van der Waals surface area contributed by atoms with Crippen LogP contribution in [-0.4, -0.2) is 23.1 Å². The number of urea groups is 1. The minimum absolute atomic E-state index is 0.145. The lowest BCUT2D eigenvalue weighted by Crippen LogP contribution is -2.43. The summed E-state index contributed by atoms with van der Waals surface area (Å²) in [6, 6.07) is 3.21. The number of halogens is 2. The molecule has 7 heteroatoms. The van der Waals surface area contributed by atoms with E-state index in [0.29, 0.717) is 17.1 Å². The molecule has 0 bridgehead atoms. The number of hydrogen-bond acceptors (Lipinski definition) is 2. The first kappa shape index (κ1) is 16.6. The maximum atomic E-state index is 11.8. The SMILES string of the molecule is CC(C)C[C@H](NC(=O)Nc1cccc(Cl)c1Cl)C(=O)O. The van der Waals surface area contributed by atoms with Crippen LogP contribution < -0.4 is 10.6 Å². The molecule has 110 valence electrons. The van der Waals surface area contributed by atoms with Gasteiger partial charge in [0.15, 0.2) is 0 Å². The molecule has 1 rings (SSSR count). The number of carbonyl (C=O) groups excluding carboxylic acids is 1. The van der Waals surface area contributed by atoms with Gasteiger partial charge in [-0.1, -0.05) is 43.1 Å². The lowest BCUT2D eigenvalue weighted by Gasteiger charge is -2.17. The molecular formula is C13H16Cl2N2O3. The normalized spacial score (nSPS) is 12.1. The van der Waals surface area contributed by atoms with E-state index in [2.05, 4.69) is 10.6 Å². The van der Waals surface area contributed by atoms with E-state index in [-0.39, 0.29) is 10.9 Å². The van der Waals surface area contributed by atoms with Crippen LogP contribution in [0.5, 0.6) is 0 Å². The predicted octanol–water partition coefficient (Wildman–Crippen LogP) is 3.61. The summed E-state index contributed by atoms with van der Waals surface area (Å²) >= 11 is 11.8. The summed E-state index contributed by atoms with van der Waals surface area (Å²) in [4.78, 5) is 22.8. The Morgan fingerprint density at radius 2 is 1.95 bits per heavy atom. The van der Waals surface area contributed by atoms with Crippen molar-refractivity contribution in [3.8, 4) is 0 Å². The molecule has 1 atom stereocenters. The number of carbonyl (C=O) groups is 2. The van der Waals surface area contributed by atoms with E-state index in [0.717, 1.165) is 0 Å². The van der Waals surface area contributed by atoms with Crippen molar-refractivity contribution in [1.29, 1.82) is 0 Å². The van der Waals surface area contributed by atoms with Crippen LogP contribution in [0.4, 0.5) is 10.5 Å². The van der Waals surface area contributed by atoms with Gasteiger partial charge in [-0.15, -0.1) is 0 Å². The molecular weight excluding hydrogens is 303 g/mol. The third kappa shape index (κ3) is 4.90. The fourth-order valence-electron chi connectivity index (χ4n) is 1.61. The van der Waals surface area contributed by atoms with Crippen molar-refractivity contribution in [2.24, 2.45) is 5.92 Å². The van der Waals surface area contributed by atoms with Crippen molar-refractivity contribution in [3.05, 3.63) is 28.2 Å². The van der Waals surface area contributed by atoms with Gasteiger partial charge in [0.25, 0.3) is 0 Å². The number of aliphatic carboxylic acids is 1. The van der Waals surface area contributed by atoms with E-state index in [1.807, 2.05) is 13.8 Å². The molecule has 0 aliphatic rings. The first-order chi connectivity index (χ1) is 9.31. The van der Waals surface area contributed by atoms with Crippen molar-refractivity contribution in [2.75, 3.05) is 5.32 Å². The average molecular weight is 319 g/mol. The van der Waals surface area contributed by atoms with Crippen LogP contribution in [0.3, 0.4) is 0 Å². The first-order valence-corrected chi connectivity index (χ1v) is 6.81. The highest BCUT2D eigenvalue weighted by Gasteiger charge is 2.21. The van der Waals surface area contributed by atoms with Gasteiger partial charge >= 0.3 is 12.0 Å². The molecule has 0 aromatic heterocycles. The van der Waals surface area contributed by atoms with Crippen molar-refractivity contribution in [1.82, 2.24) is 5.32 Å². The second kappa shape index (κ2) is 7.36.